The summed E-state index contributed by atoms with van der Waals surface area (Å²) < 4.78 is 0. The Balaban J connectivity index is 4.13. The fourth-order valence-electron chi connectivity index (χ4n) is 3.27. The number of hydrogen-bond acceptors (Lipinski definition) is 0. The quantitative estimate of drug-likeness (QED) is 0.241. The maximum atomic E-state index is 4.06. The number of rotatable bonds is 13. The first kappa shape index (κ1) is 20.5. The van der Waals surface area contributed by atoms with Gasteiger partial charge in [-0.1, -0.05) is 95.9 Å². The highest BCUT2D eigenvalue weighted by Crippen LogP contribution is 2.24. The van der Waals surface area contributed by atoms with Crippen LogP contribution in [0.15, 0.2) is 23.8 Å². The third kappa shape index (κ3) is 10.8. The fourth-order valence-corrected chi connectivity index (χ4v) is 3.27. The predicted molar refractivity (Wildman–Crippen MR) is 98.7 cm³/mol. The zero-order valence-electron chi connectivity index (χ0n) is 15.5. The van der Waals surface area contributed by atoms with Crippen LogP contribution in [0.2, 0.25) is 0 Å². The number of unbranched alkanes of at least 4 members (excludes halogenated alkanes) is 1. The molecule has 0 heterocycles. The molecule has 124 valence electrons. The van der Waals surface area contributed by atoms with E-state index in [1.165, 1.54) is 75.4 Å². The van der Waals surface area contributed by atoms with Crippen LogP contribution in [0.3, 0.4) is 0 Å². The molecule has 1 unspecified atom stereocenters. The van der Waals surface area contributed by atoms with E-state index in [0.717, 1.165) is 11.8 Å². The standard InChI is InChI=1S/C21H40/c1-7-12-20(13-8-2)15-10-11-16-21(14-9-3)17-19(6)18(4)5/h17,20-21H,4,7-16H2,1-3,5-6H3. The molecule has 0 aliphatic carbocycles. The van der Waals surface area contributed by atoms with Gasteiger partial charge in [0.25, 0.3) is 0 Å². The minimum Gasteiger partial charge on any atom is -0.0959 e. The first-order chi connectivity index (χ1) is 10.0. The van der Waals surface area contributed by atoms with E-state index in [4.69, 9.17) is 0 Å². The molecule has 0 saturated heterocycles. The third-order valence-electron chi connectivity index (χ3n) is 4.65. The first-order valence-corrected chi connectivity index (χ1v) is 9.39. The SMILES string of the molecule is C=C(C)C(C)=CC(CCC)CCCCC(CCC)CCC. The van der Waals surface area contributed by atoms with Crippen LogP contribution in [0.5, 0.6) is 0 Å². The molecule has 0 spiro atoms. The molecule has 0 radical (unpaired) electrons. The molecule has 0 fully saturated rings. The number of hydrogen-bond donors (Lipinski definition) is 0. The van der Waals surface area contributed by atoms with Crippen molar-refractivity contribution in [3.63, 3.8) is 0 Å². The van der Waals surface area contributed by atoms with E-state index in [1.807, 2.05) is 0 Å². The second-order valence-electron chi connectivity index (χ2n) is 6.91. The molecule has 0 amide bonds. The zero-order valence-corrected chi connectivity index (χ0v) is 15.5. The van der Waals surface area contributed by atoms with Gasteiger partial charge in [0, 0.05) is 0 Å². The molecular weight excluding hydrogens is 252 g/mol. The van der Waals surface area contributed by atoms with E-state index in [9.17, 15) is 0 Å². The van der Waals surface area contributed by atoms with E-state index in [2.05, 4.69) is 47.3 Å². The van der Waals surface area contributed by atoms with Gasteiger partial charge in [-0.15, -0.1) is 0 Å². The lowest BCUT2D eigenvalue weighted by molar-refractivity contribution is 0.383. The maximum Gasteiger partial charge on any atom is -0.0228 e. The summed E-state index contributed by atoms with van der Waals surface area (Å²) in [5.74, 6) is 1.75. The maximum absolute atomic E-state index is 4.06. The molecule has 0 nitrogen and oxygen atoms in total. The molecule has 0 aromatic carbocycles. The van der Waals surface area contributed by atoms with E-state index in [-0.39, 0.29) is 0 Å². The van der Waals surface area contributed by atoms with Crippen LogP contribution in [-0.4, -0.2) is 0 Å². The Morgan fingerprint density at radius 1 is 0.810 bits per heavy atom. The minimum atomic E-state index is 0.766. The van der Waals surface area contributed by atoms with Gasteiger partial charge in [0.1, 0.15) is 0 Å². The highest BCUT2D eigenvalue weighted by molar-refractivity contribution is 5.24. The van der Waals surface area contributed by atoms with Gasteiger partial charge in [-0.05, 0) is 38.5 Å². The van der Waals surface area contributed by atoms with Gasteiger partial charge in [0.2, 0.25) is 0 Å². The summed E-state index contributed by atoms with van der Waals surface area (Å²) in [6, 6.07) is 0. The molecular formula is C21H40. The van der Waals surface area contributed by atoms with Gasteiger partial charge < -0.3 is 0 Å². The van der Waals surface area contributed by atoms with Gasteiger partial charge in [-0.2, -0.15) is 0 Å². The molecule has 0 saturated carbocycles. The Kier molecular flexibility index (Phi) is 12.8. The lowest BCUT2D eigenvalue weighted by atomic mass is 9.89. The van der Waals surface area contributed by atoms with Crippen molar-refractivity contribution in [2.45, 2.75) is 98.8 Å². The lowest BCUT2D eigenvalue weighted by Crippen LogP contribution is -2.02. The van der Waals surface area contributed by atoms with Gasteiger partial charge >= 0.3 is 0 Å². The van der Waals surface area contributed by atoms with Crippen LogP contribution in [0.1, 0.15) is 98.8 Å². The second-order valence-corrected chi connectivity index (χ2v) is 6.91. The summed E-state index contributed by atoms with van der Waals surface area (Å²) in [6.07, 6.45) is 16.3. The van der Waals surface area contributed by atoms with Crippen molar-refractivity contribution in [2.75, 3.05) is 0 Å². The van der Waals surface area contributed by atoms with Crippen LogP contribution in [0.4, 0.5) is 0 Å². The molecule has 1 atom stereocenters. The average Bonchev–Trinajstić information content (AvgIpc) is 2.43. The average molecular weight is 293 g/mol. The Morgan fingerprint density at radius 3 is 1.81 bits per heavy atom. The Hall–Kier alpha value is -0.520. The van der Waals surface area contributed by atoms with Gasteiger partial charge in [0.05, 0.1) is 0 Å². The van der Waals surface area contributed by atoms with Crippen molar-refractivity contribution in [2.24, 2.45) is 11.8 Å². The largest absolute Gasteiger partial charge is 0.0959 e. The summed E-state index contributed by atoms with van der Waals surface area (Å²) in [7, 11) is 0. The third-order valence-corrected chi connectivity index (χ3v) is 4.65. The van der Waals surface area contributed by atoms with Crippen LogP contribution in [0, 0.1) is 11.8 Å². The molecule has 0 heteroatoms. The van der Waals surface area contributed by atoms with Gasteiger partial charge in [0.15, 0.2) is 0 Å². The van der Waals surface area contributed by atoms with Crippen LogP contribution in [0.25, 0.3) is 0 Å². The van der Waals surface area contributed by atoms with E-state index in [1.54, 1.807) is 0 Å². The monoisotopic (exact) mass is 292 g/mol. The molecule has 0 aromatic heterocycles. The highest BCUT2D eigenvalue weighted by atomic mass is 14.1. The Labute approximate surface area is 135 Å². The van der Waals surface area contributed by atoms with Gasteiger partial charge in [-0.25, -0.2) is 0 Å². The highest BCUT2D eigenvalue weighted by Gasteiger charge is 2.09. The van der Waals surface area contributed by atoms with Crippen molar-refractivity contribution in [3.05, 3.63) is 23.8 Å². The molecule has 0 N–H and O–H groups in total. The van der Waals surface area contributed by atoms with Crippen LogP contribution in [-0.2, 0) is 0 Å². The summed E-state index contributed by atoms with van der Waals surface area (Å²) >= 11 is 0. The predicted octanol–water partition coefficient (Wildman–Crippen LogP) is 7.70. The first-order valence-electron chi connectivity index (χ1n) is 9.39. The van der Waals surface area contributed by atoms with Crippen molar-refractivity contribution in [3.8, 4) is 0 Å². The normalized spacial score (nSPS) is 13.7. The van der Waals surface area contributed by atoms with Crippen LogP contribution >= 0.6 is 0 Å². The van der Waals surface area contributed by atoms with Gasteiger partial charge in [-0.3, -0.25) is 0 Å². The molecule has 21 heavy (non-hydrogen) atoms. The summed E-state index contributed by atoms with van der Waals surface area (Å²) in [5, 5.41) is 0. The fraction of sp³-hybridized carbons (Fsp3) is 0.810. The molecule has 0 aromatic rings. The van der Waals surface area contributed by atoms with Crippen molar-refractivity contribution in [1.82, 2.24) is 0 Å². The minimum absolute atomic E-state index is 0.766. The number of allylic oxidation sites excluding steroid dienone is 3. The van der Waals surface area contributed by atoms with Crippen molar-refractivity contribution < 1.29 is 0 Å². The van der Waals surface area contributed by atoms with E-state index < -0.39 is 0 Å². The lowest BCUT2D eigenvalue weighted by Gasteiger charge is -2.17. The molecule has 0 rings (SSSR count). The summed E-state index contributed by atoms with van der Waals surface area (Å²) in [4.78, 5) is 0. The zero-order chi connectivity index (χ0) is 16.1. The van der Waals surface area contributed by atoms with Crippen molar-refractivity contribution >= 4 is 0 Å². The Bertz CT molecular complexity index is 278. The Morgan fingerprint density at radius 2 is 1.33 bits per heavy atom. The molecule has 0 aliphatic heterocycles. The van der Waals surface area contributed by atoms with E-state index >= 15 is 0 Å². The van der Waals surface area contributed by atoms with Crippen LogP contribution < -0.4 is 0 Å². The molecule has 0 bridgehead atoms. The summed E-state index contributed by atoms with van der Waals surface area (Å²) in [6.45, 7) is 15.3. The second kappa shape index (κ2) is 13.2. The van der Waals surface area contributed by atoms with Crippen molar-refractivity contribution in [1.29, 1.82) is 0 Å². The molecule has 0 aliphatic rings. The smallest absolute Gasteiger partial charge is 0.0228 e. The summed E-state index contributed by atoms with van der Waals surface area (Å²) in [5.41, 5.74) is 2.62. The topological polar surface area (TPSA) is 0 Å². The van der Waals surface area contributed by atoms with E-state index in [0.29, 0.717) is 0 Å².